The van der Waals surface area contributed by atoms with Crippen molar-refractivity contribution >= 4 is 29.4 Å². The van der Waals surface area contributed by atoms with Gasteiger partial charge in [-0.2, -0.15) is 0 Å². The number of amidine groups is 1. The van der Waals surface area contributed by atoms with Gasteiger partial charge in [0.1, 0.15) is 17.3 Å². The molecule has 1 heterocycles. The Hall–Kier alpha value is -2.59. The fourth-order valence-electron chi connectivity index (χ4n) is 2.48. The SMILES string of the molecule is COc1ccccc1/C=C1\N=C(CCc2ccc(Cl)cc2)NC1=O. The monoisotopic (exact) mass is 340 g/mol. The van der Waals surface area contributed by atoms with E-state index in [0.29, 0.717) is 28.7 Å². The molecule has 122 valence electrons. The van der Waals surface area contributed by atoms with Crippen LogP contribution in [0.25, 0.3) is 6.08 Å². The second-order valence-corrected chi connectivity index (χ2v) is 5.85. The largest absolute Gasteiger partial charge is 0.496 e. The Labute approximate surface area is 145 Å². The Balaban J connectivity index is 1.73. The molecule has 1 aliphatic rings. The molecule has 4 nitrogen and oxygen atoms in total. The standard InChI is InChI=1S/C19H17ClN2O2/c1-24-17-5-3-2-4-14(17)12-16-19(23)22-18(21-16)11-8-13-6-9-15(20)10-7-13/h2-7,9-10,12H,8,11H2,1H3,(H,21,22,23)/b16-12-. The molecule has 0 saturated heterocycles. The van der Waals surface area contributed by atoms with Gasteiger partial charge in [0.2, 0.25) is 0 Å². The van der Waals surface area contributed by atoms with E-state index in [-0.39, 0.29) is 5.91 Å². The van der Waals surface area contributed by atoms with Crippen molar-refractivity contribution in [2.75, 3.05) is 7.11 Å². The number of aliphatic imine (C=N–C) groups is 1. The summed E-state index contributed by atoms with van der Waals surface area (Å²) in [5, 5.41) is 3.53. The molecule has 0 aliphatic carbocycles. The number of halogens is 1. The van der Waals surface area contributed by atoms with Gasteiger partial charge in [0.05, 0.1) is 7.11 Å². The van der Waals surface area contributed by atoms with Crippen molar-refractivity contribution in [1.29, 1.82) is 0 Å². The van der Waals surface area contributed by atoms with E-state index in [9.17, 15) is 4.79 Å². The molecule has 0 spiro atoms. The van der Waals surface area contributed by atoms with Gasteiger partial charge in [0.15, 0.2) is 0 Å². The minimum absolute atomic E-state index is 0.188. The molecule has 0 aromatic heterocycles. The van der Waals surface area contributed by atoms with Gasteiger partial charge in [-0.05, 0) is 36.3 Å². The predicted molar refractivity (Wildman–Crippen MR) is 96.3 cm³/mol. The third kappa shape index (κ3) is 3.84. The molecule has 2 aromatic carbocycles. The summed E-state index contributed by atoms with van der Waals surface area (Å²) in [4.78, 5) is 16.5. The lowest BCUT2D eigenvalue weighted by Crippen LogP contribution is -2.24. The predicted octanol–water partition coefficient (Wildman–Crippen LogP) is 3.85. The molecule has 0 atom stereocenters. The molecule has 5 heteroatoms. The normalized spacial score (nSPS) is 15.3. The van der Waals surface area contributed by atoms with Gasteiger partial charge in [-0.3, -0.25) is 4.79 Å². The van der Waals surface area contributed by atoms with Gasteiger partial charge in [0, 0.05) is 17.0 Å². The molecule has 0 saturated carbocycles. The zero-order valence-electron chi connectivity index (χ0n) is 13.3. The van der Waals surface area contributed by atoms with Crippen LogP contribution in [0, 0.1) is 0 Å². The fourth-order valence-corrected chi connectivity index (χ4v) is 2.61. The Morgan fingerprint density at radius 3 is 2.62 bits per heavy atom. The smallest absolute Gasteiger partial charge is 0.275 e. The number of hydrogen-bond acceptors (Lipinski definition) is 3. The first-order chi connectivity index (χ1) is 11.7. The Kier molecular flexibility index (Phi) is 4.96. The van der Waals surface area contributed by atoms with Crippen LogP contribution in [0.2, 0.25) is 5.02 Å². The average molecular weight is 341 g/mol. The number of aryl methyl sites for hydroxylation is 1. The van der Waals surface area contributed by atoms with Gasteiger partial charge >= 0.3 is 0 Å². The highest BCUT2D eigenvalue weighted by atomic mass is 35.5. The molecule has 0 fully saturated rings. The number of rotatable bonds is 5. The van der Waals surface area contributed by atoms with Gasteiger partial charge in [0.25, 0.3) is 5.91 Å². The molecule has 0 unspecified atom stereocenters. The Morgan fingerprint density at radius 2 is 1.88 bits per heavy atom. The highest BCUT2D eigenvalue weighted by Crippen LogP contribution is 2.22. The summed E-state index contributed by atoms with van der Waals surface area (Å²) in [5.74, 6) is 1.20. The summed E-state index contributed by atoms with van der Waals surface area (Å²) in [6, 6.07) is 15.2. The number of carbonyl (C=O) groups is 1. The maximum atomic E-state index is 12.1. The van der Waals surface area contributed by atoms with Crippen molar-refractivity contribution in [3.8, 4) is 5.75 Å². The number of amides is 1. The van der Waals surface area contributed by atoms with E-state index in [4.69, 9.17) is 16.3 Å². The van der Waals surface area contributed by atoms with E-state index in [1.807, 2.05) is 48.5 Å². The van der Waals surface area contributed by atoms with Gasteiger partial charge in [-0.15, -0.1) is 0 Å². The van der Waals surface area contributed by atoms with Crippen LogP contribution in [0.3, 0.4) is 0 Å². The van der Waals surface area contributed by atoms with Gasteiger partial charge in [-0.1, -0.05) is 41.9 Å². The van der Waals surface area contributed by atoms with Crippen LogP contribution in [0.1, 0.15) is 17.5 Å². The van der Waals surface area contributed by atoms with E-state index in [1.54, 1.807) is 13.2 Å². The van der Waals surface area contributed by atoms with Crippen LogP contribution in [-0.4, -0.2) is 18.9 Å². The van der Waals surface area contributed by atoms with Crippen LogP contribution < -0.4 is 10.1 Å². The topological polar surface area (TPSA) is 50.7 Å². The average Bonchev–Trinajstić information content (AvgIpc) is 2.95. The third-order valence-corrected chi connectivity index (χ3v) is 3.99. The molecular formula is C19H17ClN2O2. The van der Waals surface area contributed by atoms with Crippen molar-refractivity contribution in [3.63, 3.8) is 0 Å². The van der Waals surface area contributed by atoms with Crippen molar-refractivity contribution in [1.82, 2.24) is 5.32 Å². The van der Waals surface area contributed by atoms with E-state index in [2.05, 4.69) is 10.3 Å². The molecular weight excluding hydrogens is 324 g/mol. The third-order valence-electron chi connectivity index (χ3n) is 3.74. The second-order valence-electron chi connectivity index (χ2n) is 5.41. The van der Waals surface area contributed by atoms with Crippen molar-refractivity contribution in [2.24, 2.45) is 4.99 Å². The lowest BCUT2D eigenvalue weighted by atomic mass is 10.1. The highest BCUT2D eigenvalue weighted by Gasteiger charge is 2.20. The first kappa shape index (κ1) is 16.3. The van der Waals surface area contributed by atoms with Crippen LogP contribution in [0.4, 0.5) is 0 Å². The summed E-state index contributed by atoms with van der Waals surface area (Å²) >= 11 is 5.88. The molecule has 24 heavy (non-hydrogen) atoms. The number of nitrogens with zero attached hydrogens (tertiary/aromatic N) is 1. The summed E-state index contributed by atoms with van der Waals surface area (Å²) in [6.45, 7) is 0. The van der Waals surface area contributed by atoms with E-state index >= 15 is 0 Å². The number of benzene rings is 2. The van der Waals surface area contributed by atoms with E-state index < -0.39 is 0 Å². The number of ether oxygens (including phenoxy) is 1. The molecule has 0 radical (unpaired) electrons. The number of hydrogen-bond donors (Lipinski definition) is 1. The fraction of sp³-hybridized carbons (Fsp3) is 0.158. The number of carbonyl (C=O) groups excluding carboxylic acids is 1. The maximum absolute atomic E-state index is 12.1. The lowest BCUT2D eigenvalue weighted by molar-refractivity contribution is -0.115. The number of methoxy groups -OCH3 is 1. The summed E-state index contributed by atoms with van der Waals surface area (Å²) in [6.07, 6.45) is 3.19. The Morgan fingerprint density at radius 1 is 1.12 bits per heavy atom. The molecule has 2 aromatic rings. The number of para-hydroxylation sites is 1. The minimum Gasteiger partial charge on any atom is -0.496 e. The molecule has 1 aliphatic heterocycles. The van der Waals surface area contributed by atoms with Crippen molar-refractivity contribution in [3.05, 3.63) is 70.4 Å². The highest BCUT2D eigenvalue weighted by molar-refractivity contribution is 6.30. The maximum Gasteiger partial charge on any atom is 0.275 e. The zero-order valence-corrected chi connectivity index (χ0v) is 14.0. The minimum atomic E-state index is -0.188. The quantitative estimate of drug-likeness (QED) is 0.840. The van der Waals surface area contributed by atoms with Crippen molar-refractivity contribution < 1.29 is 9.53 Å². The lowest BCUT2D eigenvalue weighted by Gasteiger charge is -2.03. The zero-order chi connectivity index (χ0) is 16.9. The Bertz CT molecular complexity index is 810. The number of nitrogens with one attached hydrogen (secondary N) is 1. The second kappa shape index (κ2) is 7.32. The van der Waals surface area contributed by atoms with Crippen LogP contribution in [0.15, 0.2) is 59.2 Å². The van der Waals surface area contributed by atoms with Crippen LogP contribution in [0.5, 0.6) is 5.75 Å². The van der Waals surface area contributed by atoms with E-state index in [1.165, 1.54) is 0 Å². The van der Waals surface area contributed by atoms with E-state index in [0.717, 1.165) is 17.5 Å². The molecule has 0 bridgehead atoms. The molecule has 1 amide bonds. The van der Waals surface area contributed by atoms with Crippen LogP contribution >= 0.6 is 11.6 Å². The summed E-state index contributed by atoms with van der Waals surface area (Å²) in [7, 11) is 1.60. The van der Waals surface area contributed by atoms with Crippen LogP contribution in [-0.2, 0) is 11.2 Å². The first-order valence-corrected chi connectivity index (χ1v) is 8.01. The molecule has 1 N–H and O–H groups in total. The van der Waals surface area contributed by atoms with Gasteiger partial charge < -0.3 is 10.1 Å². The summed E-state index contributed by atoms with van der Waals surface area (Å²) < 4.78 is 5.30. The summed E-state index contributed by atoms with van der Waals surface area (Å²) in [5.41, 5.74) is 2.37. The molecule has 3 rings (SSSR count). The first-order valence-electron chi connectivity index (χ1n) is 7.64. The van der Waals surface area contributed by atoms with Gasteiger partial charge in [-0.25, -0.2) is 4.99 Å². The van der Waals surface area contributed by atoms with Crippen molar-refractivity contribution in [2.45, 2.75) is 12.8 Å².